The normalized spacial score (nSPS) is 12.1. The monoisotopic (exact) mass is 497 g/mol. The summed E-state index contributed by atoms with van der Waals surface area (Å²) in [5.41, 5.74) is 3.65. The number of halogens is 1. The third kappa shape index (κ3) is 4.51. The predicted molar refractivity (Wildman–Crippen MR) is 136 cm³/mol. The molecule has 1 unspecified atom stereocenters. The van der Waals surface area contributed by atoms with Crippen molar-refractivity contribution in [3.8, 4) is 11.4 Å². The SMILES string of the molecule is CSNC(=O)c1nc(Cl)ccc1NC(C)c1cc(C)cc2c(=O)n(C)c(-c3cnn(C)c3)nc12. The molecule has 1 amide bonds. The number of pyridine rings is 1. The van der Waals surface area contributed by atoms with Gasteiger partial charge >= 0.3 is 0 Å². The summed E-state index contributed by atoms with van der Waals surface area (Å²) in [6.45, 7) is 3.88. The van der Waals surface area contributed by atoms with Gasteiger partial charge in [-0.2, -0.15) is 5.10 Å². The van der Waals surface area contributed by atoms with Crippen LogP contribution in [0, 0.1) is 6.92 Å². The molecule has 0 fully saturated rings. The van der Waals surface area contributed by atoms with Crippen molar-refractivity contribution < 1.29 is 4.79 Å². The van der Waals surface area contributed by atoms with Crippen molar-refractivity contribution in [2.45, 2.75) is 19.9 Å². The van der Waals surface area contributed by atoms with E-state index in [-0.39, 0.29) is 28.4 Å². The van der Waals surface area contributed by atoms with Crippen molar-refractivity contribution in [1.29, 1.82) is 0 Å². The maximum atomic E-state index is 13.3. The number of carbonyl (C=O) groups excluding carboxylic acids is 1. The average Bonchev–Trinajstić information content (AvgIpc) is 3.23. The minimum atomic E-state index is -0.357. The van der Waals surface area contributed by atoms with Crippen molar-refractivity contribution in [2.24, 2.45) is 14.1 Å². The molecular weight excluding hydrogens is 474 g/mol. The molecule has 9 nitrogen and oxygen atoms in total. The Balaban J connectivity index is 1.84. The Labute approximate surface area is 205 Å². The van der Waals surface area contributed by atoms with Gasteiger partial charge < -0.3 is 5.32 Å². The molecule has 0 saturated carbocycles. The zero-order valence-electron chi connectivity index (χ0n) is 19.4. The van der Waals surface area contributed by atoms with Crippen LogP contribution in [0.1, 0.15) is 34.6 Å². The number of nitrogens with zero attached hydrogens (tertiary/aromatic N) is 5. The van der Waals surface area contributed by atoms with E-state index < -0.39 is 0 Å². The molecular formula is C23H24ClN7O2S. The van der Waals surface area contributed by atoms with Gasteiger partial charge in [0.25, 0.3) is 11.5 Å². The highest BCUT2D eigenvalue weighted by molar-refractivity contribution is 7.97. The highest BCUT2D eigenvalue weighted by atomic mass is 35.5. The van der Waals surface area contributed by atoms with E-state index in [1.807, 2.05) is 39.2 Å². The number of rotatable bonds is 6. The summed E-state index contributed by atoms with van der Waals surface area (Å²) < 4.78 is 5.88. The summed E-state index contributed by atoms with van der Waals surface area (Å²) in [4.78, 5) is 34.9. The summed E-state index contributed by atoms with van der Waals surface area (Å²) >= 11 is 7.22. The van der Waals surface area contributed by atoms with E-state index in [4.69, 9.17) is 16.6 Å². The minimum Gasteiger partial charge on any atom is -0.377 e. The van der Waals surface area contributed by atoms with Crippen LogP contribution in [-0.4, -0.2) is 36.5 Å². The lowest BCUT2D eigenvalue weighted by atomic mass is 10.0. The lowest BCUT2D eigenvalue weighted by Gasteiger charge is -2.20. The van der Waals surface area contributed by atoms with Crippen LogP contribution in [0.15, 0.2) is 41.5 Å². The molecule has 4 rings (SSSR count). The van der Waals surface area contributed by atoms with Crippen molar-refractivity contribution in [1.82, 2.24) is 29.0 Å². The second-order valence-corrected chi connectivity index (χ2v) is 8.98. The number of nitrogens with one attached hydrogen (secondary N) is 2. The van der Waals surface area contributed by atoms with E-state index in [2.05, 4.69) is 20.1 Å². The molecule has 0 aliphatic heterocycles. The first-order chi connectivity index (χ1) is 16.2. The molecule has 0 bridgehead atoms. The smallest absolute Gasteiger partial charge is 0.281 e. The standard InChI is InChI=1S/C23H24ClN7O2S/c1-12-8-15(13(2)26-17-6-7-18(24)27-20(17)22(32)29-34-5)19-16(9-12)23(33)31(4)21(28-19)14-10-25-30(3)11-14/h6-11,13,26H,1-5H3,(H,29,32). The van der Waals surface area contributed by atoms with Gasteiger partial charge in [-0.25, -0.2) is 9.97 Å². The van der Waals surface area contributed by atoms with Gasteiger partial charge in [0, 0.05) is 32.1 Å². The number of aryl methyl sites for hydroxylation is 2. The number of fused-ring (bicyclic) bond motifs is 1. The second-order valence-electron chi connectivity index (χ2n) is 7.98. The third-order valence-corrected chi connectivity index (χ3v) is 6.03. The van der Waals surface area contributed by atoms with Gasteiger partial charge in [-0.05, 0) is 37.6 Å². The minimum absolute atomic E-state index is 0.144. The lowest BCUT2D eigenvalue weighted by molar-refractivity contribution is 0.0980. The Kier molecular flexibility index (Phi) is 6.63. The topological polar surface area (TPSA) is 107 Å². The summed E-state index contributed by atoms with van der Waals surface area (Å²) in [7, 11) is 3.52. The highest BCUT2D eigenvalue weighted by Gasteiger charge is 2.20. The van der Waals surface area contributed by atoms with E-state index in [9.17, 15) is 9.59 Å². The first kappa shape index (κ1) is 23.8. The van der Waals surface area contributed by atoms with Crippen LogP contribution in [0.25, 0.3) is 22.3 Å². The van der Waals surface area contributed by atoms with Gasteiger partial charge in [0.2, 0.25) is 0 Å². The van der Waals surface area contributed by atoms with Crippen LogP contribution in [-0.2, 0) is 14.1 Å². The number of anilines is 1. The van der Waals surface area contributed by atoms with Crippen molar-refractivity contribution >= 4 is 46.0 Å². The van der Waals surface area contributed by atoms with Crippen molar-refractivity contribution in [3.05, 3.63) is 69.0 Å². The molecule has 0 aliphatic carbocycles. The van der Waals surface area contributed by atoms with E-state index in [1.165, 1.54) is 16.5 Å². The fraction of sp³-hybridized carbons (Fsp3) is 0.261. The molecule has 3 heterocycles. The third-order valence-electron chi connectivity index (χ3n) is 5.43. The summed E-state index contributed by atoms with van der Waals surface area (Å²) in [5.74, 6) is 0.167. The van der Waals surface area contributed by atoms with E-state index in [0.29, 0.717) is 22.4 Å². The van der Waals surface area contributed by atoms with Crippen LogP contribution in [0.3, 0.4) is 0 Å². The Hall–Kier alpha value is -3.37. The van der Waals surface area contributed by atoms with E-state index in [1.54, 1.807) is 36.3 Å². The fourth-order valence-electron chi connectivity index (χ4n) is 3.85. The molecule has 1 aromatic carbocycles. The van der Waals surface area contributed by atoms with Gasteiger partial charge in [0.1, 0.15) is 11.0 Å². The molecule has 11 heteroatoms. The molecule has 0 saturated heterocycles. The number of aromatic nitrogens is 5. The highest BCUT2D eigenvalue weighted by Crippen LogP contribution is 2.29. The van der Waals surface area contributed by atoms with Gasteiger partial charge in [0.15, 0.2) is 5.69 Å². The Morgan fingerprint density at radius 2 is 1.97 bits per heavy atom. The first-order valence-corrected chi connectivity index (χ1v) is 12.1. The van der Waals surface area contributed by atoms with Gasteiger partial charge in [-0.3, -0.25) is 23.6 Å². The Morgan fingerprint density at radius 1 is 1.21 bits per heavy atom. The molecule has 1 atom stereocenters. The van der Waals surface area contributed by atoms with E-state index in [0.717, 1.165) is 16.7 Å². The molecule has 2 N–H and O–H groups in total. The summed E-state index contributed by atoms with van der Waals surface area (Å²) in [6, 6.07) is 6.87. The van der Waals surface area contributed by atoms with Crippen LogP contribution < -0.4 is 15.6 Å². The van der Waals surface area contributed by atoms with Crippen molar-refractivity contribution in [2.75, 3.05) is 11.6 Å². The molecule has 0 aliphatic rings. The van der Waals surface area contributed by atoms with Gasteiger partial charge in [-0.15, -0.1) is 0 Å². The largest absolute Gasteiger partial charge is 0.377 e. The number of carbonyl (C=O) groups is 1. The number of hydrogen-bond acceptors (Lipinski definition) is 7. The number of hydrogen-bond donors (Lipinski definition) is 2. The molecule has 34 heavy (non-hydrogen) atoms. The predicted octanol–water partition coefficient (Wildman–Crippen LogP) is 3.87. The Bertz CT molecular complexity index is 1460. The number of benzene rings is 1. The molecule has 0 radical (unpaired) electrons. The van der Waals surface area contributed by atoms with Crippen LogP contribution >= 0.6 is 23.5 Å². The number of amides is 1. The Morgan fingerprint density at radius 3 is 2.65 bits per heavy atom. The first-order valence-electron chi connectivity index (χ1n) is 10.5. The second kappa shape index (κ2) is 9.47. The summed E-state index contributed by atoms with van der Waals surface area (Å²) in [5, 5.41) is 8.31. The molecule has 0 spiro atoms. The van der Waals surface area contributed by atoms with Crippen LogP contribution in [0.5, 0.6) is 0 Å². The molecule has 4 aromatic rings. The summed E-state index contributed by atoms with van der Waals surface area (Å²) in [6.07, 6.45) is 5.25. The van der Waals surface area contributed by atoms with Crippen LogP contribution in [0.2, 0.25) is 5.15 Å². The van der Waals surface area contributed by atoms with Gasteiger partial charge in [0.05, 0.1) is 34.4 Å². The van der Waals surface area contributed by atoms with E-state index >= 15 is 0 Å². The lowest BCUT2D eigenvalue weighted by Crippen LogP contribution is -2.22. The maximum absolute atomic E-state index is 13.3. The van der Waals surface area contributed by atoms with Gasteiger partial charge in [-0.1, -0.05) is 29.6 Å². The quantitative estimate of drug-likeness (QED) is 0.307. The average molecular weight is 498 g/mol. The zero-order chi connectivity index (χ0) is 24.6. The zero-order valence-corrected chi connectivity index (χ0v) is 21.0. The van der Waals surface area contributed by atoms with Crippen LogP contribution in [0.4, 0.5) is 5.69 Å². The fourth-order valence-corrected chi connectivity index (χ4v) is 4.28. The van der Waals surface area contributed by atoms with Crippen molar-refractivity contribution in [3.63, 3.8) is 0 Å². The molecule has 3 aromatic heterocycles. The molecule has 176 valence electrons. The maximum Gasteiger partial charge on any atom is 0.281 e.